The number of fused-ring (bicyclic) bond motifs is 2. The van der Waals surface area contributed by atoms with E-state index in [9.17, 15) is 14.7 Å². The third kappa shape index (κ3) is 2.72. The Labute approximate surface area is 172 Å². The molecule has 0 saturated carbocycles. The van der Waals surface area contributed by atoms with Gasteiger partial charge in [0, 0.05) is 0 Å². The molecule has 0 fully saturated rings. The second-order valence-electron chi connectivity index (χ2n) is 7.64. The van der Waals surface area contributed by atoms with Gasteiger partial charge in [-0.1, -0.05) is 18.2 Å². The third-order valence-corrected chi connectivity index (χ3v) is 5.49. The van der Waals surface area contributed by atoms with Crippen LogP contribution in [0.15, 0.2) is 68.4 Å². The molecule has 1 aliphatic rings. The third-order valence-electron chi connectivity index (χ3n) is 5.49. The van der Waals surface area contributed by atoms with E-state index in [-0.39, 0.29) is 35.0 Å². The van der Waals surface area contributed by atoms with Crippen molar-refractivity contribution in [2.24, 2.45) is 0 Å². The summed E-state index contributed by atoms with van der Waals surface area (Å²) in [7, 11) is 0. The molecule has 1 N–H and O–H groups in total. The number of benzene rings is 2. The van der Waals surface area contributed by atoms with E-state index in [0.717, 1.165) is 11.1 Å². The molecule has 6 heteroatoms. The van der Waals surface area contributed by atoms with Crippen LogP contribution in [0.2, 0.25) is 0 Å². The minimum absolute atomic E-state index is 0.0411. The van der Waals surface area contributed by atoms with Gasteiger partial charge in [0.25, 0.3) is 5.91 Å². The van der Waals surface area contributed by atoms with Crippen molar-refractivity contribution in [2.45, 2.75) is 26.4 Å². The van der Waals surface area contributed by atoms with Crippen LogP contribution in [0.3, 0.4) is 0 Å². The lowest BCUT2D eigenvalue weighted by Gasteiger charge is -2.24. The lowest BCUT2D eigenvalue weighted by Crippen LogP contribution is -2.29. The highest BCUT2D eigenvalue weighted by Crippen LogP contribution is 2.40. The molecule has 30 heavy (non-hydrogen) atoms. The van der Waals surface area contributed by atoms with Crippen molar-refractivity contribution >= 4 is 16.9 Å². The maximum Gasteiger partial charge on any atom is 0.291 e. The van der Waals surface area contributed by atoms with E-state index >= 15 is 0 Å². The Morgan fingerprint density at radius 3 is 2.63 bits per heavy atom. The number of amides is 1. The maximum absolute atomic E-state index is 13.6. The molecule has 0 bridgehead atoms. The normalized spacial score (nSPS) is 15.7. The summed E-state index contributed by atoms with van der Waals surface area (Å²) >= 11 is 0. The Kier molecular flexibility index (Phi) is 4.03. The summed E-state index contributed by atoms with van der Waals surface area (Å²) in [5, 5.41) is 10.5. The zero-order valence-electron chi connectivity index (χ0n) is 16.5. The fraction of sp³-hybridized carbons (Fsp3) is 0.167. The molecule has 4 aromatic rings. The predicted octanol–water partition coefficient (Wildman–Crippen LogP) is 4.45. The molecule has 0 saturated heterocycles. The van der Waals surface area contributed by atoms with Gasteiger partial charge in [0.15, 0.2) is 5.43 Å². The summed E-state index contributed by atoms with van der Waals surface area (Å²) < 4.78 is 11.5. The van der Waals surface area contributed by atoms with E-state index in [2.05, 4.69) is 0 Å². The molecule has 1 atom stereocenters. The van der Waals surface area contributed by atoms with Gasteiger partial charge in [-0.25, -0.2) is 0 Å². The molecule has 6 nitrogen and oxygen atoms in total. The number of carbonyl (C=O) groups is 1. The number of rotatable bonds is 3. The average molecular weight is 401 g/mol. The first kappa shape index (κ1) is 18.2. The Balaban J connectivity index is 1.79. The number of hydrogen-bond donors (Lipinski definition) is 1. The van der Waals surface area contributed by atoms with Crippen LogP contribution in [0.1, 0.15) is 44.6 Å². The Morgan fingerprint density at radius 1 is 1.07 bits per heavy atom. The van der Waals surface area contributed by atoms with E-state index < -0.39 is 6.04 Å². The van der Waals surface area contributed by atoms with Crippen LogP contribution in [0, 0.1) is 13.8 Å². The predicted molar refractivity (Wildman–Crippen MR) is 110 cm³/mol. The van der Waals surface area contributed by atoms with Gasteiger partial charge in [0.2, 0.25) is 5.76 Å². The second-order valence-corrected chi connectivity index (χ2v) is 7.64. The van der Waals surface area contributed by atoms with Crippen LogP contribution >= 0.6 is 0 Å². The van der Waals surface area contributed by atoms with E-state index in [0.29, 0.717) is 22.3 Å². The zero-order chi connectivity index (χ0) is 21.0. The molecule has 1 amide bonds. The lowest BCUT2D eigenvalue weighted by molar-refractivity contribution is 0.0701. The maximum atomic E-state index is 13.6. The van der Waals surface area contributed by atoms with E-state index in [4.69, 9.17) is 8.83 Å². The SMILES string of the molecule is Cc1cc(C)c2oc3c(c(=O)c2c1)C(c1cccc(O)c1)N(Cc1ccco1)C3=O. The first-order valence-corrected chi connectivity index (χ1v) is 9.64. The number of nitrogens with zero attached hydrogens (tertiary/aromatic N) is 1. The van der Waals surface area contributed by atoms with Gasteiger partial charge in [-0.2, -0.15) is 0 Å². The lowest BCUT2D eigenvalue weighted by atomic mass is 9.97. The summed E-state index contributed by atoms with van der Waals surface area (Å²) in [4.78, 5) is 28.5. The summed E-state index contributed by atoms with van der Waals surface area (Å²) in [6.07, 6.45) is 1.54. The Hall–Kier alpha value is -3.80. The largest absolute Gasteiger partial charge is 0.508 e. The first-order chi connectivity index (χ1) is 14.4. The molecule has 3 heterocycles. The average Bonchev–Trinajstić information content (AvgIpc) is 3.31. The number of carbonyl (C=O) groups excluding carboxylic acids is 1. The number of phenols is 1. The first-order valence-electron chi connectivity index (χ1n) is 9.64. The fourth-order valence-electron chi connectivity index (χ4n) is 4.25. The highest BCUT2D eigenvalue weighted by atomic mass is 16.4. The van der Waals surface area contributed by atoms with Gasteiger partial charge in [-0.3, -0.25) is 9.59 Å². The number of aryl methyl sites for hydroxylation is 2. The molecule has 0 radical (unpaired) electrons. The number of phenolic OH excluding ortho intramolecular Hbond substituents is 1. The Morgan fingerprint density at radius 2 is 1.90 bits per heavy atom. The van der Waals surface area contributed by atoms with Crippen molar-refractivity contribution in [1.29, 1.82) is 0 Å². The van der Waals surface area contributed by atoms with Gasteiger partial charge < -0.3 is 18.8 Å². The quantitative estimate of drug-likeness (QED) is 0.548. The monoisotopic (exact) mass is 401 g/mol. The minimum atomic E-state index is -0.689. The fourth-order valence-corrected chi connectivity index (χ4v) is 4.25. The molecule has 1 unspecified atom stereocenters. The number of furan rings is 1. The van der Waals surface area contributed by atoms with Gasteiger partial charge in [-0.05, 0) is 60.9 Å². The van der Waals surface area contributed by atoms with Crippen molar-refractivity contribution < 1.29 is 18.7 Å². The number of hydrogen-bond acceptors (Lipinski definition) is 5. The van der Waals surface area contributed by atoms with Crippen molar-refractivity contribution in [1.82, 2.24) is 4.90 Å². The molecule has 1 aliphatic heterocycles. The molecule has 5 rings (SSSR count). The van der Waals surface area contributed by atoms with Crippen LogP contribution in [0.4, 0.5) is 0 Å². The summed E-state index contributed by atoms with van der Waals surface area (Å²) in [5.74, 6) is 0.307. The van der Waals surface area contributed by atoms with Crippen LogP contribution in [-0.4, -0.2) is 15.9 Å². The summed E-state index contributed by atoms with van der Waals surface area (Å²) in [6, 6.07) is 13.1. The molecule has 0 spiro atoms. The highest BCUT2D eigenvalue weighted by Gasteiger charge is 2.43. The van der Waals surface area contributed by atoms with E-state index in [1.165, 1.54) is 6.26 Å². The van der Waals surface area contributed by atoms with Gasteiger partial charge in [0.1, 0.15) is 17.1 Å². The van der Waals surface area contributed by atoms with Gasteiger partial charge >= 0.3 is 0 Å². The Bertz CT molecular complexity index is 1350. The topological polar surface area (TPSA) is 83.9 Å². The van der Waals surface area contributed by atoms with Crippen LogP contribution in [0.25, 0.3) is 11.0 Å². The van der Waals surface area contributed by atoms with Crippen molar-refractivity contribution in [3.05, 3.63) is 98.8 Å². The van der Waals surface area contributed by atoms with Crippen molar-refractivity contribution in [3.63, 3.8) is 0 Å². The number of aromatic hydroxyl groups is 1. The molecule has 2 aromatic carbocycles. The molecule has 0 aliphatic carbocycles. The minimum Gasteiger partial charge on any atom is -0.508 e. The van der Waals surface area contributed by atoms with Crippen LogP contribution in [-0.2, 0) is 6.54 Å². The van der Waals surface area contributed by atoms with Crippen LogP contribution in [0.5, 0.6) is 5.75 Å². The second kappa shape index (κ2) is 6.62. The van der Waals surface area contributed by atoms with Crippen LogP contribution < -0.4 is 5.43 Å². The van der Waals surface area contributed by atoms with Gasteiger partial charge in [0.05, 0.1) is 29.8 Å². The molecular formula is C24H19NO5. The van der Waals surface area contributed by atoms with Crippen molar-refractivity contribution in [2.75, 3.05) is 0 Å². The molecule has 150 valence electrons. The summed E-state index contributed by atoms with van der Waals surface area (Å²) in [6.45, 7) is 3.95. The standard InChI is InChI=1S/C24H19NO5/c1-13-9-14(2)22-18(10-13)21(27)19-20(15-5-3-6-16(26)11-15)25(24(28)23(19)30-22)12-17-7-4-8-29-17/h3-11,20,26H,12H2,1-2H3. The van der Waals surface area contributed by atoms with Crippen molar-refractivity contribution in [3.8, 4) is 5.75 Å². The molecular weight excluding hydrogens is 382 g/mol. The highest BCUT2D eigenvalue weighted by molar-refractivity contribution is 5.99. The smallest absolute Gasteiger partial charge is 0.291 e. The summed E-state index contributed by atoms with van der Waals surface area (Å²) in [5.41, 5.74) is 2.85. The van der Waals surface area contributed by atoms with E-state index in [1.807, 2.05) is 19.9 Å². The zero-order valence-corrected chi connectivity index (χ0v) is 16.5. The van der Waals surface area contributed by atoms with Gasteiger partial charge in [-0.15, -0.1) is 0 Å². The molecule has 2 aromatic heterocycles. The van der Waals surface area contributed by atoms with E-state index in [1.54, 1.807) is 47.4 Å².